The van der Waals surface area contributed by atoms with Gasteiger partial charge in [0, 0.05) is 5.92 Å². The van der Waals surface area contributed by atoms with Gasteiger partial charge in [-0.2, -0.15) is 0 Å². The van der Waals surface area contributed by atoms with E-state index in [1.165, 1.54) is 55.6 Å². The lowest BCUT2D eigenvalue weighted by atomic mass is 9.78. The van der Waals surface area contributed by atoms with Gasteiger partial charge in [0.1, 0.15) is 0 Å². The third-order valence-corrected chi connectivity index (χ3v) is 6.10. The molecule has 0 amide bonds. The summed E-state index contributed by atoms with van der Waals surface area (Å²) in [5.74, 6) is 0.289. The Morgan fingerprint density at radius 3 is 1.23 bits per heavy atom. The third-order valence-electron chi connectivity index (χ3n) is 6.10. The molecule has 0 unspecified atom stereocenters. The fourth-order valence-corrected chi connectivity index (χ4v) is 4.96. The summed E-state index contributed by atoms with van der Waals surface area (Å²) in [6.07, 6.45) is 0. The molecular weight excluding hydrogens is 360 g/mol. The molecule has 0 aliphatic heterocycles. The quantitative estimate of drug-likeness (QED) is 0.328. The average Bonchev–Trinajstić information content (AvgIpc) is 2.73. The Labute approximate surface area is 181 Å². The van der Waals surface area contributed by atoms with Gasteiger partial charge in [0.15, 0.2) is 0 Å². The molecular formula is C30H30. The van der Waals surface area contributed by atoms with Crippen molar-refractivity contribution in [2.75, 3.05) is 0 Å². The number of aryl methyl sites for hydroxylation is 4. The molecule has 0 heteroatoms. The van der Waals surface area contributed by atoms with Gasteiger partial charge in [-0.3, -0.25) is 0 Å². The molecule has 0 atom stereocenters. The molecule has 0 N–H and O–H groups in total. The minimum atomic E-state index is 0.289. The van der Waals surface area contributed by atoms with Crippen molar-refractivity contribution < 1.29 is 0 Å². The molecule has 0 heterocycles. The molecule has 0 aliphatic rings. The minimum Gasteiger partial charge on any atom is -0.0622 e. The highest BCUT2D eigenvalue weighted by atomic mass is 14.3. The van der Waals surface area contributed by atoms with E-state index in [4.69, 9.17) is 0 Å². The van der Waals surface area contributed by atoms with Crippen LogP contribution in [0, 0.1) is 27.7 Å². The topological polar surface area (TPSA) is 0 Å². The smallest absolute Gasteiger partial charge is 0.00785 e. The van der Waals surface area contributed by atoms with Crippen LogP contribution in [0.25, 0.3) is 22.3 Å². The number of benzene rings is 4. The summed E-state index contributed by atoms with van der Waals surface area (Å²) < 4.78 is 0. The summed E-state index contributed by atoms with van der Waals surface area (Å²) >= 11 is 0. The van der Waals surface area contributed by atoms with Crippen molar-refractivity contribution in [3.8, 4) is 22.3 Å². The second-order valence-corrected chi connectivity index (χ2v) is 8.54. The van der Waals surface area contributed by atoms with Crippen LogP contribution in [-0.2, 0) is 0 Å². The van der Waals surface area contributed by atoms with Gasteiger partial charge in [0.25, 0.3) is 0 Å². The van der Waals surface area contributed by atoms with Crippen LogP contribution in [-0.4, -0.2) is 0 Å². The van der Waals surface area contributed by atoms with E-state index in [1.807, 2.05) is 0 Å². The minimum absolute atomic E-state index is 0.289. The zero-order valence-electron chi connectivity index (χ0n) is 18.7. The molecule has 0 nitrogen and oxygen atoms in total. The van der Waals surface area contributed by atoms with Crippen molar-refractivity contribution in [2.24, 2.45) is 0 Å². The summed E-state index contributed by atoms with van der Waals surface area (Å²) in [5, 5.41) is 0. The van der Waals surface area contributed by atoms with Crippen LogP contribution in [0.5, 0.6) is 0 Å². The Balaban J connectivity index is 1.97. The molecule has 0 radical (unpaired) electrons. The second kappa shape index (κ2) is 8.32. The van der Waals surface area contributed by atoms with E-state index in [1.54, 1.807) is 0 Å². The first-order valence-electron chi connectivity index (χ1n) is 10.8. The van der Waals surface area contributed by atoms with Crippen LogP contribution in [0.1, 0.15) is 46.2 Å². The Hall–Kier alpha value is -3.12. The Kier molecular flexibility index (Phi) is 5.59. The fourth-order valence-electron chi connectivity index (χ4n) is 4.96. The van der Waals surface area contributed by atoms with E-state index in [0.29, 0.717) is 0 Å². The van der Waals surface area contributed by atoms with Crippen molar-refractivity contribution in [1.29, 1.82) is 0 Å². The molecule has 150 valence electrons. The van der Waals surface area contributed by atoms with Gasteiger partial charge in [0.05, 0.1) is 0 Å². The van der Waals surface area contributed by atoms with Crippen LogP contribution in [0.2, 0.25) is 0 Å². The summed E-state index contributed by atoms with van der Waals surface area (Å²) in [5.41, 5.74) is 13.5. The molecule has 4 aromatic rings. The monoisotopic (exact) mass is 390 g/mol. The van der Waals surface area contributed by atoms with Crippen LogP contribution in [0.3, 0.4) is 0 Å². The zero-order chi connectivity index (χ0) is 21.3. The maximum atomic E-state index is 2.37. The average molecular weight is 391 g/mol. The standard InChI is InChI=1S/C30H30/c1-20-16-22(3)29(27(18-20)25-12-8-6-9-13-25)24(5)30-23(4)17-21(2)19-28(30)26-14-10-7-11-15-26/h6-19,24H,1-5H3. The molecule has 4 aromatic carbocycles. The highest BCUT2D eigenvalue weighted by Crippen LogP contribution is 2.41. The van der Waals surface area contributed by atoms with E-state index in [0.717, 1.165) is 0 Å². The molecule has 4 rings (SSSR count). The first kappa shape index (κ1) is 20.2. The molecule has 0 saturated carbocycles. The maximum Gasteiger partial charge on any atom is 0.00785 e. The summed E-state index contributed by atoms with van der Waals surface area (Å²) in [6.45, 7) is 11.3. The van der Waals surface area contributed by atoms with Gasteiger partial charge in [0.2, 0.25) is 0 Å². The first-order valence-corrected chi connectivity index (χ1v) is 10.8. The largest absolute Gasteiger partial charge is 0.0622 e. The normalized spacial score (nSPS) is 11.1. The molecule has 0 spiro atoms. The molecule has 0 saturated heterocycles. The van der Waals surface area contributed by atoms with E-state index in [-0.39, 0.29) is 5.92 Å². The molecule has 0 aliphatic carbocycles. The zero-order valence-corrected chi connectivity index (χ0v) is 18.7. The highest BCUT2D eigenvalue weighted by molar-refractivity contribution is 5.75. The summed E-state index contributed by atoms with van der Waals surface area (Å²) in [6, 6.07) is 31.0. The maximum absolute atomic E-state index is 2.37. The van der Waals surface area contributed by atoms with Crippen molar-refractivity contribution in [3.63, 3.8) is 0 Å². The third kappa shape index (κ3) is 3.83. The van der Waals surface area contributed by atoms with Crippen LogP contribution < -0.4 is 0 Å². The molecule has 0 fully saturated rings. The van der Waals surface area contributed by atoms with Gasteiger partial charge >= 0.3 is 0 Å². The lowest BCUT2D eigenvalue weighted by Crippen LogP contribution is -2.07. The Bertz CT molecular complexity index is 1070. The van der Waals surface area contributed by atoms with Crippen molar-refractivity contribution in [2.45, 2.75) is 40.5 Å². The van der Waals surface area contributed by atoms with Crippen LogP contribution in [0.15, 0.2) is 84.9 Å². The van der Waals surface area contributed by atoms with Crippen LogP contribution in [0.4, 0.5) is 0 Å². The number of hydrogen-bond acceptors (Lipinski definition) is 0. The van der Waals surface area contributed by atoms with E-state index in [9.17, 15) is 0 Å². The predicted octanol–water partition coefficient (Wildman–Crippen LogP) is 8.41. The van der Waals surface area contributed by atoms with Gasteiger partial charge < -0.3 is 0 Å². The van der Waals surface area contributed by atoms with E-state index < -0.39 is 0 Å². The summed E-state index contributed by atoms with van der Waals surface area (Å²) in [4.78, 5) is 0. The van der Waals surface area contributed by atoms with Gasteiger partial charge in [-0.25, -0.2) is 0 Å². The summed E-state index contributed by atoms with van der Waals surface area (Å²) in [7, 11) is 0. The molecule has 0 aromatic heterocycles. The van der Waals surface area contributed by atoms with E-state index in [2.05, 4.69) is 120 Å². The number of hydrogen-bond donors (Lipinski definition) is 0. The fraction of sp³-hybridized carbons (Fsp3) is 0.200. The lowest BCUT2D eigenvalue weighted by Gasteiger charge is -2.25. The SMILES string of the molecule is Cc1cc(C)c(C(C)c2c(C)cc(C)cc2-c2ccccc2)c(-c2ccccc2)c1. The van der Waals surface area contributed by atoms with Crippen molar-refractivity contribution in [3.05, 3.63) is 118 Å². The second-order valence-electron chi connectivity index (χ2n) is 8.54. The van der Waals surface area contributed by atoms with Gasteiger partial charge in [-0.1, -0.05) is 103 Å². The van der Waals surface area contributed by atoms with Crippen molar-refractivity contribution >= 4 is 0 Å². The molecule has 0 bridgehead atoms. The Morgan fingerprint density at radius 2 is 0.867 bits per heavy atom. The molecule has 30 heavy (non-hydrogen) atoms. The number of rotatable bonds is 4. The predicted molar refractivity (Wildman–Crippen MR) is 130 cm³/mol. The van der Waals surface area contributed by atoms with Gasteiger partial charge in [-0.15, -0.1) is 0 Å². The Morgan fingerprint density at radius 1 is 0.500 bits per heavy atom. The first-order chi connectivity index (χ1) is 14.5. The lowest BCUT2D eigenvalue weighted by molar-refractivity contribution is 0.901. The van der Waals surface area contributed by atoms with Crippen molar-refractivity contribution in [1.82, 2.24) is 0 Å². The van der Waals surface area contributed by atoms with E-state index >= 15 is 0 Å². The van der Waals surface area contributed by atoms with Gasteiger partial charge in [-0.05, 0) is 72.2 Å². The highest BCUT2D eigenvalue weighted by Gasteiger charge is 2.22. The van der Waals surface area contributed by atoms with Crippen LogP contribution >= 0.6 is 0 Å².